The highest BCUT2D eigenvalue weighted by molar-refractivity contribution is 6.04. The van der Waals surface area contributed by atoms with Gasteiger partial charge >= 0.3 is 0 Å². The minimum atomic E-state index is -0.370. The molecule has 3 aromatic carbocycles. The zero-order valence-electron chi connectivity index (χ0n) is 17.4. The molecule has 0 saturated heterocycles. The molecule has 5 nitrogen and oxygen atoms in total. The van der Waals surface area contributed by atoms with E-state index in [4.69, 9.17) is 10.5 Å². The standard InChI is InChI=1S/C26H21FN4O/c27-25-13-19(15-29)4-7-22(25)17-31(24-10-11-24)16-20-2-1-3-21(12-20)26(32)30-23-8-5-18(14-28)6-9-23/h1-9,12-13,24H,10-11,16-17H2,(H,30,32). The molecule has 1 aliphatic carbocycles. The van der Waals surface area contributed by atoms with Crippen LogP contribution >= 0.6 is 0 Å². The third kappa shape index (κ3) is 5.18. The highest BCUT2D eigenvalue weighted by Gasteiger charge is 2.29. The van der Waals surface area contributed by atoms with Crippen LogP contribution in [-0.4, -0.2) is 16.8 Å². The van der Waals surface area contributed by atoms with E-state index in [9.17, 15) is 9.18 Å². The van der Waals surface area contributed by atoms with Crippen molar-refractivity contribution in [3.63, 3.8) is 0 Å². The van der Waals surface area contributed by atoms with E-state index in [1.807, 2.05) is 24.3 Å². The van der Waals surface area contributed by atoms with Crippen LogP contribution in [0.15, 0.2) is 66.7 Å². The van der Waals surface area contributed by atoms with Gasteiger partial charge in [-0.1, -0.05) is 18.2 Å². The molecule has 4 rings (SSSR count). The van der Waals surface area contributed by atoms with Crippen molar-refractivity contribution in [3.05, 3.63) is 100 Å². The number of halogens is 1. The summed E-state index contributed by atoms with van der Waals surface area (Å²) in [6, 6.07) is 23.1. The van der Waals surface area contributed by atoms with Crippen molar-refractivity contribution in [1.82, 2.24) is 4.90 Å². The molecule has 1 amide bonds. The number of amides is 1. The average molecular weight is 424 g/mol. The van der Waals surface area contributed by atoms with E-state index >= 15 is 0 Å². The van der Waals surface area contributed by atoms with Crippen molar-refractivity contribution in [2.45, 2.75) is 32.0 Å². The maximum atomic E-state index is 14.4. The van der Waals surface area contributed by atoms with Crippen molar-refractivity contribution in [3.8, 4) is 12.1 Å². The lowest BCUT2D eigenvalue weighted by Crippen LogP contribution is -2.25. The summed E-state index contributed by atoms with van der Waals surface area (Å²) in [5.41, 5.74) is 3.53. The van der Waals surface area contributed by atoms with E-state index < -0.39 is 0 Å². The van der Waals surface area contributed by atoms with Crippen LogP contribution < -0.4 is 5.32 Å². The SMILES string of the molecule is N#Cc1ccc(NC(=O)c2cccc(CN(Cc3ccc(C#N)cc3F)C3CC3)c2)cc1. The van der Waals surface area contributed by atoms with E-state index in [0.717, 1.165) is 18.4 Å². The van der Waals surface area contributed by atoms with Crippen molar-refractivity contribution >= 4 is 11.6 Å². The minimum Gasteiger partial charge on any atom is -0.322 e. The molecule has 1 saturated carbocycles. The van der Waals surface area contributed by atoms with E-state index in [1.54, 1.807) is 42.5 Å². The van der Waals surface area contributed by atoms with Gasteiger partial charge in [0, 0.05) is 35.9 Å². The molecule has 0 aromatic heterocycles. The molecule has 32 heavy (non-hydrogen) atoms. The van der Waals surface area contributed by atoms with Gasteiger partial charge in [0.2, 0.25) is 0 Å². The fourth-order valence-corrected chi connectivity index (χ4v) is 3.59. The molecule has 0 spiro atoms. The normalized spacial score (nSPS) is 12.8. The number of nitrogens with one attached hydrogen (secondary N) is 1. The zero-order chi connectivity index (χ0) is 22.5. The second kappa shape index (κ2) is 9.43. The van der Waals surface area contributed by atoms with Crippen LogP contribution in [0.3, 0.4) is 0 Å². The lowest BCUT2D eigenvalue weighted by atomic mass is 10.1. The van der Waals surface area contributed by atoms with Crippen LogP contribution in [0, 0.1) is 28.5 Å². The van der Waals surface area contributed by atoms with Gasteiger partial charge in [-0.2, -0.15) is 10.5 Å². The Morgan fingerprint density at radius 3 is 2.34 bits per heavy atom. The molecule has 1 fully saturated rings. The molecule has 0 atom stereocenters. The van der Waals surface area contributed by atoms with Gasteiger partial charge in [-0.05, 0) is 66.9 Å². The molecule has 0 bridgehead atoms. The summed E-state index contributed by atoms with van der Waals surface area (Å²) in [5, 5.41) is 20.7. The van der Waals surface area contributed by atoms with Crippen molar-refractivity contribution < 1.29 is 9.18 Å². The summed E-state index contributed by atoms with van der Waals surface area (Å²) in [6.07, 6.45) is 2.13. The van der Waals surface area contributed by atoms with Gasteiger partial charge in [-0.25, -0.2) is 4.39 Å². The van der Waals surface area contributed by atoms with Gasteiger partial charge in [0.25, 0.3) is 5.91 Å². The van der Waals surface area contributed by atoms with E-state index in [-0.39, 0.29) is 11.7 Å². The molecule has 1 aliphatic rings. The summed E-state index contributed by atoms with van der Waals surface area (Å²) < 4.78 is 14.4. The Morgan fingerprint density at radius 1 is 0.969 bits per heavy atom. The Kier molecular flexibility index (Phi) is 6.26. The maximum absolute atomic E-state index is 14.4. The molecule has 3 aromatic rings. The molecular formula is C26H21FN4O. The van der Waals surface area contributed by atoms with Gasteiger partial charge in [0.15, 0.2) is 0 Å². The second-order valence-corrected chi connectivity index (χ2v) is 7.90. The first-order valence-corrected chi connectivity index (χ1v) is 10.4. The zero-order valence-corrected chi connectivity index (χ0v) is 17.4. The van der Waals surface area contributed by atoms with Gasteiger partial charge in [-0.15, -0.1) is 0 Å². The van der Waals surface area contributed by atoms with Gasteiger partial charge in [0.1, 0.15) is 5.82 Å². The van der Waals surface area contributed by atoms with E-state index in [2.05, 4.69) is 16.3 Å². The molecule has 0 radical (unpaired) electrons. The fourth-order valence-electron chi connectivity index (χ4n) is 3.59. The van der Waals surface area contributed by atoms with Crippen LogP contribution in [0.2, 0.25) is 0 Å². The Hall–Kier alpha value is -4.00. The molecule has 0 heterocycles. The summed E-state index contributed by atoms with van der Waals surface area (Å²) in [4.78, 5) is 14.9. The minimum absolute atomic E-state index is 0.229. The number of nitriles is 2. The smallest absolute Gasteiger partial charge is 0.255 e. The monoisotopic (exact) mass is 424 g/mol. The Bertz CT molecular complexity index is 1220. The number of carbonyl (C=O) groups is 1. The van der Waals surface area contributed by atoms with Crippen LogP contribution in [-0.2, 0) is 13.1 Å². The fraction of sp³-hybridized carbons (Fsp3) is 0.192. The van der Waals surface area contributed by atoms with Gasteiger partial charge in [-0.3, -0.25) is 9.69 Å². The number of hydrogen-bond acceptors (Lipinski definition) is 4. The van der Waals surface area contributed by atoms with Crippen LogP contribution in [0.4, 0.5) is 10.1 Å². The first-order valence-electron chi connectivity index (χ1n) is 10.4. The maximum Gasteiger partial charge on any atom is 0.255 e. The first kappa shape index (κ1) is 21.2. The van der Waals surface area contributed by atoms with Crippen LogP contribution in [0.25, 0.3) is 0 Å². The molecular weight excluding hydrogens is 403 g/mol. The number of nitrogens with zero attached hydrogens (tertiary/aromatic N) is 3. The summed E-state index contributed by atoms with van der Waals surface area (Å²) >= 11 is 0. The Balaban J connectivity index is 1.46. The largest absolute Gasteiger partial charge is 0.322 e. The van der Waals surface area contributed by atoms with Crippen molar-refractivity contribution in [2.75, 3.05) is 5.32 Å². The average Bonchev–Trinajstić information content (AvgIpc) is 3.66. The molecule has 6 heteroatoms. The van der Waals surface area contributed by atoms with E-state index in [1.165, 1.54) is 6.07 Å². The van der Waals surface area contributed by atoms with Gasteiger partial charge < -0.3 is 5.32 Å². The molecule has 158 valence electrons. The van der Waals surface area contributed by atoms with Crippen molar-refractivity contribution in [1.29, 1.82) is 10.5 Å². The van der Waals surface area contributed by atoms with Crippen molar-refractivity contribution in [2.24, 2.45) is 0 Å². The lowest BCUT2D eigenvalue weighted by Gasteiger charge is -2.23. The Labute approximate surface area is 186 Å². The number of benzene rings is 3. The number of rotatable bonds is 7. The topological polar surface area (TPSA) is 79.9 Å². The number of hydrogen-bond donors (Lipinski definition) is 1. The summed E-state index contributed by atoms with van der Waals surface area (Å²) in [6.45, 7) is 1.05. The predicted octanol–water partition coefficient (Wildman–Crippen LogP) is 4.99. The predicted molar refractivity (Wildman–Crippen MR) is 119 cm³/mol. The lowest BCUT2D eigenvalue weighted by molar-refractivity contribution is 0.102. The summed E-state index contributed by atoms with van der Waals surface area (Å²) in [5.74, 6) is -0.599. The van der Waals surface area contributed by atoms with Crippen LogP contribution in [0.1, 0.15) is 45.5 Å². The second-order valence-electron chi connectivity index (χ2n) is 7.90. The highest BCUT2D eigenvalue weighted by atomic mass is 19.1. The number of carbonyl (C=O) groups excluding carboxylic acids is 1. The third-order valence-corrected chi connectivity index (χ3v) is 5.47. The first-order chi connectivity index (χ1) is 15.6. The third-order valence-electron chi connectivity index (χ3n) is 5.47. The van der Waals surface area contributed by atoms with E-state index in [0.29, 0.717) is 47.1 Å². The number of anilines is 1. The molecule has 0 aliphatic heterocycles. The molecule has 0 unspecified atom stereocenters. The Morgan fingerprint density at radius 2 is 1.69 bits per heavy atom. The quantitative estimate of drug-likeness (QED) is 0.580. The van der Waals surface area contributed by atoms with Gasteiger partial charge in [0.05, 0.1) is 23.3 Å². The summed E-state index contributed by atoms with van der Waals surface area (Å²) in [7, 11) is 0. The highest BCUT2D eigenvalue weighted by Crippen LogP contribution is 2.30. The molecule has 1 N–H and O–H groups in total. The van der Waals surface area contributed by atoms with Crippen LogP contribution in [0.5, 0.6) is 0 Å².